The van der Waals surface area contributed by atoms with Crippen LogP contribution in [-0.2, 0) is 9.59 Å². The smallest absolute Gasteiger partial charge is 0.234 e. The van der Waals surface area contributed by atoms with Crippen molar-refractivity contribution in [2.75, 3.05) is 11.1 Å². The van der Waals surface area contributed by atoms with Crippen molar-refractivity contribution in [2.45, 2.75) is 32.1 Å². The maximum Gasteiger partial charge on any atom is 0.234 e. The van der Waals surface area contributed by atoms with Gasteiger partial charge in [0.2, 0.25) is 11.8 Å². The highest BCUT2D eigenvalue weighted by Crippen LogP contribution is 2.36. The predicted molar refractivity (Wildman–Crippen MR) is 116 cm³/mol. The monoisotopic (exact) mass is 423 g/mol. The Morgan fingerprint density at radius 1 is 1.30 bits per heavy atom. The molecule has 30 heavy (non-hydrogen) atoms. The number of thioether (sulfide) groups is 1. The summed E-state index contributed by atoms with van der Waals surface area (Å²) in [6.07, 6.45) is 0.184. The molecule has 0 unspecified atom stereocenters. The highest BCUT2D eigenvalue weighted by Gasteiger charge is 2.29. The van der Waals surface area contributed by atoms with Gasteiger partial charge >= 0.3 is 0 Å². The van der Waals surface area contributed by atoms with Crippen LogP contribution in [-0.4, -0.2) is 17.6 Å². The minimum Gasteiger partial charge on any atom is -0.325 e. The van der Waals surface area contributed by atoms with E-state index in [1.54, 1.807) is 6.07 Å². The fourth-order valence-electron chi connectivity index (χ4n) is 3.23. The lowest BCUT2D eigenvalue weighted by Gasteiger charge is -2.25. The first kappa shape index (κ1) is 21.6. The molecule has 2 aromatic rings. The minimum absolute atomic E-state index is 0.0175. The zero-order valence-corrected chi connectivity index (χ0v) is 17.6. The van der Waals surface area contributed by atoms with Gasteiger partial charge in [-0.3, -0.25) is 9.59 Å². The van der Waals surface area contributed by atoms with Crippen molar-refractivity contribution in [1.29, 1.82) is 5.26 Å². The molecule has 2 aromatic carbocycles. The van der Waals surface area contributed by atoms with Crippen molar-refractivity contribution >= 4 is 29.3 Å². The van der Waals surface area contributed by atoms with E-state index in [2.05, 4.69) is 30.6 Å². The second-order valence-corrected chi connectivity index (χ2v) is 8.31. The highest BCUT2D eigenvalue weighted by molar-refractivity contribution is 8.03. The number of amides is 2. The zero-order chi connectivity index (χ0) is 21.7. The Hall–Kier alpha value is -3.11. The summed E-state index contributed by atoms with van der Waals surface area (Å²) in [6, 6.07) is 15.7. The Morgan fingerprint density at radius 2 is 2.03 bits per heavy atom. The number of hydrogen-bond acceptors (Lipinski definition) is 4. The van der Waals surface area contributed by atoms with Gasteiger partial charge in [0.05, 0.1) is 22.4 Å². The molecule has 2 amide bonds. The summed E-state index contributed by atoms with van der Waals surface area (Å²) in [5, 5.41) is 15.5. The number of benzene rings is 2. The molecule has 3 rings (SSSR count). The van der Waals surface area contributed by atoms with Gasteiger partial charge in [0.25, 0.3) is 0 Å². The van der Waals surface area contributed by atoms with Crippen LogP contribution < -0.4 is 10.6 Å². The van der Waals surface area contributed by atoms with Gasteiger partial charge < -0.3 is 10.6 Å². The van der Waals surface area contributed by atoms with Crippen molar-refractivity contribution < 1.29 is 14.0 Å². The summed E-state index contributed by atoms with van der Waals surface area (Å²) in [5.74, 6) is -0.967. The first-order chi connectivity index (χ1) is 14.4. The third kappa shape index (κ3) is 5.28. The summed E-state index contributed by atoms with van der Waals surface area (Å²) in [7, 11) is 0. The number of nitrogens with one attached hydrogen (secondary N) is 2. The van der Waals surface area contributed by atoms with Crippen LogP contribution in [0.25, 0.3) is 0 Å². The number of hydrogen-bond donors (Lipinski definition) is 2. The van der Waals surface area contributed by atoms with Gasteiger partial charge in [-0.15, -0.1) is 0 Å². The summed E-state index contributed by atoms with van der Waals surface area (Å²) < 4.78 is 13.3. The third-order valence-corrected chi connectivity index (χ3v) is 5.83. The molecule has 2 N–H and O–H groups in total. The van der Waals surface area contributed by atoms with E-state index in [0.717, 1.165) is 17.3 Å². The molecule has 0 aromatic heterocycles. The van der Waals surface area contributed by atoms with E-state index >= 15 is 0 Å². The molecule has 0 saturated carbocycles. The predicted octanol–water partition coefficient (Wildman–Crippen LogP) is 4.66. The summed E-state index contributed by atoms with van der Waals surface area (Å²) in [4.78, 5) is 24.5. The molecule has 154 valence electrons. The molecule has 0 spiro atoms. The van der Waals surface area contributed by atoms with Crippen LogP contribution in [0.1, 0.15) is 43.2 Å². The molecule has 1 heterocycles. The molecule has 0 radical (unpaired) electrons. The first-order valence-electron chi connectivity index (χ1n) is 9.59. The molecule has 7 heteroatoms. The average molecular weight is 424 g/mol. The van der Waals surface area contributed by atoms with Gasteiger partial charge in [0.15, 0.2) is 0 Å². The Kier molecular flexibility index (Phi) is 6.91. The Bertz CT molecular complexity index is 1030. The summed E-state index contributed by atoms with van der Waals surface area (Å²) in [5.41, 5.74) is 2.87. The van der Waals surface area contributed by atoms with Gasteiger partial charge in [-0.1, -0.05) is 55.9 Å². The van der Waals surface area contributed by atoms with E-state index in [4.69, 9.17) is 0 Å². The molecular weight excluding hydrogens is 401 g/mol. The SMILES string of the molecule is CC(C)c1ccc([C@@H]2CC(=O)NC(SCC(=O)Nc3cccc(F)c3)=C2C#N)cc1. The number of halogens is 1. The Morgan fingerprint density at radius 3 is 2.67 bits per heavy atom. The number of anilines is 1. The van der Waals surface area contributed by atoms with Gasteiger partial charge in [-0.25, -0.2) is 4.39 Å². The lowest BCUT2D eigenvalue weighted by atomic mass is 9.86. The second-order valence-electron chi connectivity index (χ2n) is 7.33. The van der Waals surface area contributed by atoms with Crippen LogP contribution in [0.5, 0.6) is 0 Å². The molecule has 5 nitrogen and oxygen atoms in total. The van der Waals surface area contributed by atoms with Crippen molar-refractivity contribution in [2.24, 2.45) is 0 Å². The topological polar surface area (TPSA) is 82.0 Å². The normalized spacial score (nSPS) is 16.2. The van der Waals surface area contributed by atoms with Crippen LogP contribution in [0.15, 0.2) is 59.1 Å². The maximum atomic E-state index is 13.3. The highest BCUT2D eigenvalue weighted by atomic mass is 32.2. The average Bonchev–Trinajstić information content (AvgIpc) is 2.72. The van der Waals surface area contributed by atoms with Crippen molar-refractivity contribution in [3.05, 3.63) is 76.1 Å². The summed E-state index contributed by atoms with van der Waals surface area (Å²) in [6.45, 7) is 4.21. The number of carbonyl (C=O) groups excluding carboxylic acids is 2. The fraction of sp³-hybridized carbons (Fsp3) is 0.261. The standard InChI is InChI=1S/C23H22FN3O2S/c1-14(2)15-6-8-16(9-7-15)19-11-21(28)27-23(20(19)12-25)30-13-22(29)26-18-5-3-4-17(24)10-18/h3-10,14,19H,11,13H2,1-2H3,(H,26,29)(H,27,28)/t19-/m0/s1. The van der Waals surface area contributed by atoms with Crippen molar-refractivity contribution in [3.63, 3.8) is 0 Å². The Balaban J connectivity index is 1.75. The zero-order valence-electron chi connectivity index (χ0n) is 16.7. The molecule has 0 bridgehead atoms. The molecule has 1 atom stereocenters. The number of nitriles is 1. The van der Waals surface area contributed by atoms with Gasteiger partial charge in [0, 0.05) is 18.0 Å². The second kappa shape index (κ2) is 9.59. The van der Waals surface area contributed by atoms with Crippen LogP contribution in [0.3, 0.4) is 0 Å². The van der Waals surface area contributed by atoms with Gasteiger partial charge in [-0.2, -0.15) is 5.26 Å². The minimum atomic E-state index is -0.444. The van der Waals surface area contributed by atoms with Gasteiger partial charge in [-0.05, 0) is 35.2 Å². The van der Waals surface area contributed by atoms with E-state index in [0.29, 0.717) is 22.2 Å². The molecule has 1 aliphatic rings. The van der Waals surface area contributed by atoms with Crippen molar-refractivity contribution in [3.8, 4) is 6.07 Å². The van der Waals surface area contributed by atoms with Crippen LogP contribution in [0.4, 0.5) is 10.1 Å². The maximum absolute atomic E-state index is 13.3. The number of carbonyl (C=O) groups is 2. The van der Waals surface area contributed by atoms with Gasteiger partial charge in [0.1, 0.15) is 5.82 Å². The number of nitrogens with zero attached hydrogens (tertiary/aromatic N) is 1. The molecule has 0 fully saturated rings. The first-order valence-corrected chi connectivity index (χ1v) is 10.6. The van der Waals surface area contributed by atoms with E-state index in [1.165, 1.54) is 23.8 Å². The lowest BCUT2D eigenvalue weighted by molar-refractivity contribution is -0.121. The Labute approximate surface area is 179 Å². The summed E-state index contributed by atoms with van der Waals surface area (Å²) >= 11 is 1.09. The van der Waals surface area contributed by atoms with E-state index in [1.807, 2.05) is 24.3 Å². The fourth-order valence-corrected chi connectivity index (χ4v) is 4.11. The molecular formula is C23H22FN3O2S. The van der Waals surface area contributed by atoms with E-state index in [-0.39, 0.29) is 29.9 Å². The van der Waals surface area contributed by atoms with E-state index < -0.39 is 5.82 Å². The van der Waals surface area contributed by atoms with Crippen LogP contribution in [0, 0.1) is 17.1 Å². The van der Waals surface area contributed by atoms with E-state index in [9.17, 15) is 19.2 Å². The quantitative estimate of drug-likeness (QED) is 0.708. The third-order valence-electron chi connectivity index (χ3n) is 4.82. The molecule has 0 aliphatic carbocycles. The van der Waals surface area contributed by atoms with Crippen LogP contribution in [0.2, 0.25) is 0 Å². The number of rotatable bonds is 6. The van der Waals surface area contributed by atoms with Crippen LogP contribution >= 0.6 is 11.8 Å². The largest absolute Gasteiger partial charge is 0.325 e. The lowest BCUT2D eigenvalue weighted by Crippen LogP contribution is -2.31. The molecule has 1 aliphatic heterocycles. The van der Waals surface area contributed by atoms with Crippen molar-refractivity contribution in [1.82, 2.24) is 5.32 Å². The number of allylic oxidation sites excluding steroid dienone is 1. The molecule has 0 saturated heterocycles.